The van der Waals surface area contributed by atoms with Crippen molar-refractivity contribution in [1.82, 2.24) is 0 Å². The average molecular weight is 140 g/mol. The second-order valence-electron chi connectivity index (χ2n) is 2.23. The van der Waals surface area contributed by atoms with Crippen molar-refractivity contribution in [2.24, 2.45) is 0 Å². The summed E-state index contributed by atoms with van der Waals surface area (Å²) in [6.07, 6.45) is 3.81. The van der Waals surface area contributed by atoms with Crippen molar-refractivity contribution >= 4 is 12.2 Å². The summed E-state index contributed by atoms with van der Waals surface area (Å²) in [6, 6.07) is 0. The van der Waals surface area contributed by atoms with Crippen LogP contribution in [0.3, 0.4) is 0 Å². The summed E-state index contributed by atoms with van der Waals surface area (Å²) in [5.41, 5.74) is 7.91. The van der Waals surface area contributed by atoms with Gasteiger partial charge >= 0.3 is 12.2 Å². The van der Waals surface area contributed by atoms with Gasteiger partial charge < -0.3 is 10.3 Å². The molecule has 0 amide bonds. The molecule has 0 heterocycles. The lowest BCUT2D eigenvalue weighted by Gasteiger charge is -2.23. The minimum Gasteiger partial charge on any atom is -0.454 e. The van der Waals surface area contributed by atoms with E-state index in [1.807, 2.05) is 0 Å². The van der Waals surface area contributed by atoms with E-state index in [9.17, 15) is 4.79 Å². The van der Waals surface area contributed by atoms with E-state index in [4.69, 9.17) is 10.3 Å². The highest BCUT2D eigenvalue weighted by Gasteiger charge is 2.21. The van der Waals surface area contributed by atoms with Crippen LogP contribution < -0.4 is 0 Å². The molecule has 0 N–H and O–H groups in total. The summed E-state index contributed by atoms with van der Waals surface area (Å²) >= 11 is 0. The maximum absolute atomic E-state index is 10.5. The van der Waals surface area contributed by atoms with Crippen LogP contribution in [0.2, 0.25) is 0 Å². The zero-order valence-electron chi connectivity index (χ0n) is 5.49. The van der Waals surface area contributed by atoms with E-state index in [1.165, 1.54) is 0 Å². The van der Waals surface area contributed by atoms with E-state index in [2.05, 4.69) is 4.79 Å². The van der Waals surface area contributed by atoms with E-state index in [1.54, 1.807) is 0 Å². The van der Waals surface area contributed by atoms with Crippen LogP contribution in [-0.2, 0) is 9.53 Å². The molecule has 0 aromatic rings. The van der Waals surface area contributed by atoms with Crippen LogP contribution >= 0.6 is 0 Å². The summed E-state index contributed by atoms with van der Waals surface area (Å²) in [6.45, 7) is 0. The molecule has 10 heavy (non-hydrogen) atoms. The van der Waals surface area contributed by atoms with Gasteiger partial charge in [0.15, 0.2) is 0 Å². The van der Waals surface area contributed by atoms with Crippen molar-refractivity contribution < 1.29 is 14.3 Å². The van der Waals surface area contributed by atoms with E-state index in [-0.39, 0.29) is 6.10 Å². The molecule has 1 aliphatic rings. The Morgan fingerprint density at radius 3 is 2.80 bits per heavy atom. The number of carbonyl (C=O) groups excluding carboxylic acids is 1. The van der Waals surface area contributed by atoms with Gasteiger partial charge in [0.25, 0.3) is 0 Å². The summed E-state index contributed by atoms with van der Waals surface area (Å²) < 4.78 is 4.78. The first kappa shape index (κ1) is 6.96. The highest BCUT2D eigenvalue weighted by molar-refractivity contribution is 6.20. The summed E-state index contributed by atoms with van der Waals surface area (Å²) in [5.74, 6) is -0.563. The molecule has 0 saturated heterocycles. The average Bonchev–Trinajstić information content (AvgIpc) is 1.80. The molecule has 1 aliphatic carbocycles. The van der Waals surface area contributed by atoms with Gasteiger partial charge in [-0.15, -0.1) is 0 Å². The van der Waals surface area contributed by atoms with Gasteiger partial charge in [-0.1, -0.05) is 0 Å². The van der Waals surface area contributed by atoms with Crippen LogP contribution in [0.15, 0.2) is 0 Å². The molecule has 0 radical (unpaired) electrons. The lowest BCUT2D eigenvalue weighted by Crippen LogP contribution is -2.25. The van der Waals surface area contributed by atoms with Crippen LogP contribution in [0, 0.1) is 0 Å². The third kappa shape index (κ3) is 1.67. The Balaban J connectivity index is 2.23. The fourth-order valence-corrected chi connectivity index (χ4v) is 0.730. The molecule has 4 heteroatoms. The smallest absolute Gasteiger partial charge is 0.413 e. The number of esters is 1. The Morgan fingerprint density at radius 2 is 2.40 bits per heavy atom. The van der Waals surface area contributed by atoms with Gasteiger partial charge in [-0.25, -0.2) is 4.79 Å². The molecule has 0 unspecified atom stereocenters. The number of rotatable bonds is 2. The normalized spacial score (nSPS) is 16.8. The largest absolute Gasteiger partial charge is 0.454 e. The number of carbonyl (C=O) groups is 1. The summed E-state index contributed by atoms with van der Waals surface area (Å²) in [4.78, 5) is 13.1. The minimum absolute atomic E-state index is 0.0606. The third-order valence-electron chi connectivity index (χ3n) is 1.50. The standard InChI is InChI=1S/C6H8N2O2/c7-8-4-6(9)10-5-2-1-3-5/h4-5H,1-3H2. The Hall–Kier alpha value is -1.15. The van der Waals surface area contributed by atoms with Gasteiger partial charge in [-0.2, -0.15) is 4.79 Å². The molecule has 0 atom stereocenters. The quantitative estimate of drug-likeness (QED) is 0.241. The molecule has 1 saturated carbocycles. The topological polar surface area (TPSA) is 62.7 Å². The van der Waals surface area contributed by atoms with Crippen molar-refractivity contribution in [3.8, 4) is 0 Å². The molecule has 54 valence electrons. The van der Waals surface area contributed by atoms with Crippen LogP contribution in [0.4, 0.5) is 0 Å². The fraction of sp³-hybridized carbons (Fsp3) is 0.667. The Kier molecular flexibility index (Phi) is 2.18. The molecule has 1 fully saturated rings. The Labute approximate surface area is 58.4 Å². The van der Waals surface area contributed by atoms with Crippen LogP contribution in [0.5, 0.6) is 0 Å². The monoisotopic (exact) mass is 140 g/mol. The van der Waals surface area contributed by atoms with Gasteiger partial charge in [0.1, 0.15) is 6.10 Å². The molecule has 0 bridgehead atoms. The van der Waals surface area contributed by atoms with Gasteiger partial charge in [-0.3, -0.25) is 0 Å². The van der Waals surface area contributed by atoms with Gasteiger partial charge in [0, 0.05) is 0 Å². The first-order chi connectivity index (χ1) is 4.83. The maximum Gasteiger partial charge on any atom is 0.413 e. The molecular weight excluding hydrogens is 132 g/mol. The second-order valence-corrected chi connectivity index (χ2v) is 2.23. The molecule has 0 aromatic heterocycles. The Morgan fingerprint density at radius 1 is 1.70 bits per heavy atom. The zero-order valence-corrected chi connectivity index (χ0v) is 5.49. The zero-order chi connectivity index (χ0) is 7.40. The minimum atomic E-state index is -0.563. The molecule has 0 spiro atoms. The number of hydrogen-bond donors (Lipinski definition) is 0. The number of nitrogens with zero attached hydrogens (tertiary/aromatic N) is 2. The number of ether oxygens (including phenoxy) is 1. The van der Waals surface area contributed by atoms with Crippen molar-refractivity contribution in [1.29, 1.82) is 0 Å². The third-order valence-corrected chi connectivity index (χ3v) is 1.50. The van der Waals surface area contributed by atoms with Crippen molar-refractivity contribution in [3.63, 3.8) is 0 Å². The van der Waals surface area contributed by atoms with Crippen LogP contribution in [0.25, 0.3) is 5.53 Å². The molecule has 1 rings (SSSR count). The first-order valence-corrected chi connectivity index (χ1v) is 3.21. The van der Waals surface area contributed by atoms with Crippen LogP contribution in [-0.4, -0.2) is 23.1 Å². The molecule has 4 nitrogen and oxygen atoms in total. The Bertz CT molecular complexity index is 180. The highest BCUT2D eigenvalue weighted by atomic mass is 16.5. The van der Waals surface area contributed by atoms with Gasteiger partial charge in [0.2, 0.25) is 0 Å². The molecule has 0 aliphatic heterocycles. The van der Waals surface area contributed by atoms with Crippen molar-refractivity contribution in [2.75, 3.05) is 0 Å². The van der Waals surface area contributed by atoms with Crippen molar-refractivity contribution in [3.05, 3.63) is 5.53 Å². The number of hydrogen-bond acceptors (Lipinski definition) is 2. The molecule has 0 aromatic carbocycles. The predicted octanol–water partition coefficient (Wildman–Crippen LogP) is 0.383. The van der Waals surface area contributed by atoms with Gasteiger partial charge in [0.05, 0.1) is 0 Å². The maximum atomic E-state index is 10.5. The summed E-state index contributed by atoms with van der Waals surface area (Å²) in [5, 5.41) is 0. The summed E-state index contributed by atoms with van der Waals surface area (Å²) in [7, 11) is 0. The van der Waals surface area contributed by atoms with Crippen molar-refractivity contribution in [2.45, 2.75) is 25.4 Å². The SMILES string of the molecule is [N-]=[N+]=CC(=O)OC1CCC1. The predicted molar refractivity (Wildman–Crippen MR) is 33.4 cm³/mol. The molecular formula is C6H8N2O2. The van der Waals surface area contributed by atoms with E-state index < -0.39 is 5.97 Å². The van der Waals surface area contributed by atoms with Crippen LogP contribution in [0.1, 0.15) is 19.3 Å². The first-order valence-electron chi connectivity index (χ1n) is 3.21. The van der Waals surface area contributed by atoms with E-state index in [0.29, 0.717) is 0 Å². The van der Waals surface area contributed by atoms with Gasteiger partial charge in [-0.05, 0) is 19.3 Å². The lowest BCUT2D eigenvalue weighted by molar-refractivity contribution is -0.147. The van der Waals surface area contributed by atoms with E-state index >= 15 is 0 Å². The lowest BCUT2D eigenvalue weighted by atomic mass is 9.96. The fourth-order valence-electron chi connectivity index (χ4n) is 0.730. The van der Waals surface area contributed by atoms with E-state index in [0.717, 1.165) is 25.5 Å². The second kappa shape index (κ2) is 3.13. The highest BCUT2D eigenvalue weighted by Crippen LogP contribution is 2.21.